The molecule has 0 bridgehead atoms. The van der Waals surface area contributed by atoms with Gasteiger partial charge in [-0.3, -0.25) is 4.98 Å². The lowest BCUT2D eigenvalue weighted by atomic mass is 9.82. The van der Waals surface area contributed by atoms with E-state index in [-0.39, 0.29) is 5.56 Å². The molecule has 0 spiro atoms. The minimum absolute atomic E-state index is 0.275. The first-order valence-corrected chi connectivity index (χ1v) is 10.0. The summed E-state index contributed by atoms with van der Waals surface area (Å²) in [4.78, 5) is 15.4. The summed E-state index contributed by atoms with van der Waals surface area (Å²) >= 11 is 0. The van der Waals surface area contributed by atoms with E-state index in [0.29, 0.717) is 17.6 Å². The minimum Gasteiger partial charge on any atom is -0.478 e. The lowest BCUT2D eigenvalue weighted by Crippen LogP contribution is -2.20. The second-order valence-electron chi connectivity index (χ2n) is 7.74. The van der Waals surface area contributed by atoms with Crippen LogP contribution < -0.4 is 10.6 Å². The Bertz CT molecular complexity index is 815. The molecule has 1 aromatic carbocycles. The molecule has 1 fully saturated rings. The first-order chi connectivity index (χ1) is 13.2. The van der Waals surface area contributed by atoms with Crippen molar-refractivity contribution in [3.8, 4) is 0 Å². The highest BCUT2D eigenvalue weighted by Gasteiger charge is 2.22. The van der Waals surface area contributed by atoms with Crippen molar-refractivity contribution in [1.29, 1.82) is 0 Å². The Morgan fingerprint density at radius 2 is 2.00 bits per heavy atom. The normalized spacial score (nSPS) is 19.5. The molecule has 4 rings (SSSR count). The van der Waals surface area contributed by atoms with Gasteiger partial charge in [-0.1, -0.05) is 18.9 Å². The van der Waals surface area contributed by atoms with Crippen LogP contribution in [0.1, 0.15) is 65.9 Å². The van der Waals surface area contributed by atoms with Crippen LogP contribution in [0, 0.1) is 0 Å². The number of nitrogens with zero attached hydrogens (tertiary/aromatic N) is 1. The van der Waals surface area contributed by atoms with Crippen molar-refractivity contribution in [2.45, 2.75) is 56.9 Å². The number of carboxylic acid groups (broad SMARTS) is 1. The lowest BCUT2D eigenvalue weighted by Gasteiger charge is -2.27. The number of hydrogen-bond donors (Lipinski definition) is 3. The monoisotopic (exact) mass is 365 g/mol. The Morgan fingerprint density at radius 3 is 2.81 bits per heavy atom. The van der Waals surface area contributed by atoms with E-state index in [1.165, 1.54) is 55.1 Å². The molecule has 0 saturated heterocycles. The maximum Gasteiger partial charge on any atom is 0.337 e. The number of rotatable bonds is 6. The van der Waals surface area contributed by atoms with Gasteiger partial charge in [0.2, 0.25) is 0 Å². The number of nitrogens with one attached hydrogen (secondary N) is 2. The predicted molar refractivity (Wildman–Crippen MR) is 108 cm³/mol. The fourth-order valence-corrected chi connectivity index (χ4v) is 4.48. The molecule has 0 amide bonds. The number of carboxylic acids is 1. The van der Waals surface area contributed by atoms with Gasteiger partial charge in [0, 0.05) is 30.4 Å². The van der Waals surface area contributed by atoms with Crippen LogP contribution in [0.3, 0.4) is 0 Å². The molecular weight excluding hydrogens is 338 g/mol. The van der Waals surface area contributed by atoms with Crippen LogP contribution in [0.25, 0.3) is 0 Å². The summed E-state index contributed by atoms with van der Waals surface area (Å²) in [6.45, 7) is 0.731. The quantitative estimate of drug-likeness (QED) is 0.694. The average molecular weight is 365 g/mol. The van der Waals surface area contributed by atoms with Gasteiger partial charge >= 0.3 is 5.97 Å². The number of benzene rings is 1. The van der Waals surface area contributed by atoms with Gasteiger partial charge in [-0.2, -0.15) is 0 Å². The maximum atomic E-state index is 11.4. The second-order valence-corrected chi connectivity index (χ2v) is 7.74. The van der Waals surface area contributed by atoms with Gasteiger partial charge in [-0.05, 0) is 61.4 Å². The van der Waals surface area contributed by atoms with Crippen LogP contribution in [0.2, 0.25) is 0 Å². The van der Waals surface area contributed by atoms with Gasteiger partial charge in [0.1, 0.15) is 0 Å². The molecule has 1 unspecified atom stereocenters. The van der Waals surface area contributed by atoms with E-state index in [2.05, 4.69) is 33.8 Å². The number of hydrogen-bond acceptors (Lipinski definition) is 4. The summed E-state index contributed by atoms with van der Waals surface area (Å²) in [6.07, 6.45) is 11.8. The van der Waals surface area contributed by atoms with Crippen LogP contribution in [-0.4, -0.2) is 28.6 Å². The van der Waals surface area contributed by atoms with E-state index in [9.17, 15) is 9.90 Å². The molecule has 1 heterocycles. The van der Waals surface area contributed by atoms with Gasteiger partial charge in [0.05, 0.1) is 17.4 Å². The number of pyridine rings is 1. The average Bonchev–Trinajstić information content (AvgIpc) is 3.19. The van der Waals surface area contributed by atoms with E-state index >= 15 is 0 Å². The highest BCUT2D eigenvalue weighted by molar-refractivity contribution is 5.93. The number of fused-ring (bicyclic) bond motifs is 1. The number of carbonyl (C=O) groups is 1. The third kappa shape index (κ3) is 4.07. The fourth-order valence-electron chi connectivity index (χ4n) is 4.48. The second kappa shape index (κ2) is 7.99. The molecule has 2 aliphatic rings. The summed E-state index contributed by atoms with van der Waals surface area (Å²) < 4.78 is 0. The lowest BCUT2D eigenvalue weighted by molar-refractivity contribution is 0.0698. The molecule has 0 aliphatic heterocycles. The minimum atomic E-state index is -0.924. The Morgan fingerprint density at radius 1 is 1.15 bits per heavy atom. The van der Waals surface area contributed by atoms with Crippen LogP contribution in [0.5, 0.6) is 0 Å². The van der Waals surface area contributed by atoms with Gasteiger partial charge in [0.25, 0.3) is 0 Å². The molecule has 2 aliphatic carbocycles. The molecule has 5 nitrogen and oxygen atoms in total. The zero-order chi connectivity index (χ0) is 18.6. The third-order valence-electron chi connectivity index (χ3n) is 5.90. The summed E-state index contributed by atoms with van der Waals surface area (Å²) in [5.74, 6) is -0.525. The highest BCUT2D eigenvalue weighted by atomic mass is 16.4. The highest BCUT2D eigenvalue weighted by Crippen LogP contribution is 2.34. The number of anilines is 2. The predicted octanol–water partition coefficient (Wildman–Crippen LogP) is 4.67. The summed E-state index contributed by atoms with van der Waals surface area (Å²) in [5, 5.41) is 16.3. The fraction of sp³-hybridized carbons (Fsp3) is 0.455. The molecule has 3 N–H and O–H groups in total. The molecule has 1 aromatic heterocycles. The number of aromatic nitrogens is 1. The summed E-state index contributed by atoms with van der Waals surface area (Å²) in [7, 11) is 0. The van der Waals surface area contributed by atoms with E-state index in [0.717, 1.165) is 19.4 Å². The molecule has 1 atom stereocenters. The largest absolute Gasteiger partial charge is 0.478 e. The topological polar surface area (TPSA) is 74.2 Å². The third-order valence-corrected chi connectivity index (χ3v) is 5.90. The van der Waals surface area contributed by atoms with Gasteiger partial charge < -0.3 is 15.7 Å². The van der Waals surface area contributed by atoms with E-state index in [1.807, 2.05) is 0 Å². The Hall–Kier alpha value is -2.56. The number of aryl methyl sites for hydroxylation is 1. The standard InChI is InChI=1S/C22H27N3O2/c26-22(27)20-10-11-23-14-21(20)24-13-16-5-3-4-15-12-18(8-9-19(15)16)25-17-6-1-2-7-17/h8-12,14,16-17,24-25H,1-7,13H2,(H,26,27). The zero-order valence-corrected chi connectivity index (χ0v) is 15.6. The van der Waals surface area contributed by atoms with Crippen LogP contribution in [0.15, 0.2) is 36.7 Å². The van der Waals surface area contributed by atoms with Crippen molar-refractivity contribution < 1.29 is 9.90 Å². The Kier molecular flexibility index (Phi) is 5.28. The molecule has 5 heteroatoms. The Labute approximate surface area is 160 Å². The smallest absolute Gasteiger partial charge is 0.337 e. The van der Waals surface area contributed by atoms with Crippen LogP contribution in [-0.2, 0) is 6.42 Å². The number of aromatic carboxylic acids is 1. The van der Waals surface area contributed by atoms with Crippen molar-refractivity contribution in [2.24, 2.45) is 0 Å². The van der Waals surface area contributed by atoms with Crippen molar-refractivity contribution in [2.75, 3.05) is 17.2 Å². The van der Waals surface area contributed by atoms with Crippen molar-refractivity contribution >= 4 is 17.3 Å². The molecule has 2 aromatic rings. The van der Waals surface area contributed by atoms with Crippen molar-refractivity contribution in [3.63, 3.8) is 0 Å². The first kappa shape index (κ1) is 17.8. The summed E-state index contributed by atoms with van der Waals surface area (Å²) in [5.41, 5.74) is 4.94. The van der Waals surface area contributed by atoms with Crippen molar-refractivity contribution in [1.82, 2.24) is 4.98 Å². The molecule has 142 valence electrons. The zero-order valence-electron chi connectivity index (χ0n) is 15.6. The van der Waals surface area contributed by atoms with E-state index < -0.39 is 5.97 Å². The van der Waals surface area contributed by atoms with Gasteiger partial charge in [-0.25, -0.2) is 4.79 Å². The van der Waals surface area contributed by atoms with Crippen LogP contribution in [0.4, 0.5) is 11.4 Å². The first-order valence-electron chi connectivity index (χ1n) is 10.0. The van der Waals surface area contributed by atoms with E-state index in [1.54, 1.807) is 12.3 Å². The van der Waals surface area contributed by atoms with Gasteiger partial charge in [-0.15, -0.1) is 0 Å². The van der Waals surface area contributed by atoms with Gasteiger partial charge in [0.15, 0.2) is 0 Å². The van der Waals surface area contributed by atoms with Crippen molar-refractivity contribution in [3.05, 3.63) is 53.3 Å². The molecular formula is C22H27N3O2. The molecule has 27 heavy (non-hydrogen) atoms. The molecule has 0 radical (unpaired) electrons. The summed E-state index contributed by atoms with van der Waals surface area (Å²) in [6, 6.07) is 8.97. The van der Waals surface area contributed by atoms with Crippen LogP contribution >= 0.6 is 0 Å². The Balaban J connectivity index is 1.46. The van der Waals surface area contributed by atoms with E-state index in [4.69, 9.17) is 0 Å². The maximum absolute atomic E-state index is 11.4. The SMILES string of the molecule is O=C(O)c1ccncc1NCC1CCCc2cc(NC3CCCC3)ccc21. The molecule has 1 saturated carbocycles.